The predicted molar refractivity (Wildman–Crippen MR) is 113 cm³/mol. The van der Waals surface area contributed by atoms with Crippen molar-refractivity contribution >= 4 is 0 Å². The second kappa shape index (κ2) is 19.6. The van der Waals surface area contributed by atoms with Crippen LogP contribution >= 0.6 is 0 Å². The summed E-state index contributed by atoms with van der Waals surface area (Å²) in [6.45, 7) is 21.9. The summed E-state index contributed by atoms with van der Waals surface area (Å²) in [6.07, 6.45) is 10.9. The normalized spacial score (nSPS) is 15.5. The van der Waals surface area contributed by atoms with Crippen molar-refractivity contribution in [3.05, 3.63) is 59.6 Å². The zero-order valence-corrected chi connectivity index (χ0v) is 20.4. The van der Waals surface area contributed by atoms with Gasteiger partial charge in [-0.15, -0.1) is 38.0 Å². The molecule has 1 aliphatic rings. The first-order valence-electron chi connectivity index (χ1n) is 9.75. The molecule has 0 spiro atoms. The van der Waals surface area contributed by atoms with Gasteiger partial charge in [-0.3, -0.25) is 0 Å². The Morgan fingerprint density at radius 3 is 1.29 bits per heavy atom. The Hall–Kier alpha value is -0.706. The van der Waals surface area contributed by atoms with Crippen molar-refractivity contribution in [1.82, 2.24) is 0 Å². The van der Waals surface area contributed by atoms with Gasteiger partial charge in [0.05, 0.1) is 0 Å². The Balaban J connectivity index is -0.000000309. The van der Waals surface area contributed by atoms with E-state index in [1.54, 1.807) is 39.0 Å². The fourth-order valence-corrected chi connectivity index (χ4v) is 2.81. The summed E-state index contributed by atoms with van der Waals surface area (Å²) in [4.78, 5) is 0. The molecule has 0 radical (unpaired) electrons. The molecule has 3 atom stereocenters. The molecular weight excluding hydrogens is 384 g/mol. The van der Waals surface area contributed by atoms with E-state index in [-0.39, 0.29) is 0 Å². The van der Waals surface area contributed by atoms with Crippen LogP contribution in [0, 0.1) is 5.41 Å². The van der Waals surface area contributed by atoms with Gasteiger partial charge < -0.3 is 15.3 Å². The van der Waals surface area contributed by atoms with E-state index < -0.39 is 18.3 Å². The third kappa shape index (κ3) is 25.3. The van der Waals surface area contributed by atoms with Crippen LogP contribution in [0.5, 0.6) is 0 Å². The van der Waals surface area contributed by atoms with Gasteiger partial charge in [-0.05, 0) is 19.3 Å². The van der Waals surface area contributed by atoms with Crippen LogP contribution in [0.25, 0.3) is 0 Å². The molecular formula is C24H40O3Ti. The molecule has 3 unspecified atom stereocenters. The fraction of sp³-hybridized carbons (Fsp3) is 0.583. The van der Waals surface area contributed by atoms with Crippen molar-refractivity contribution in [3.8, 4) is 0 Å². The fourth-order valence-electron chi connectivity index (χ4n) is 1.91. The first-order chi connectivity index (χ1) is 12.8. The van der Waals surface area contributed by atoms with Gasteiger partial charge >= 0.3 is 74.6 Å². The molecule has 1 rings (SSSR count). The average molecular weight is 424 g/mol. The average Bonchev–Trinajstić information content (AvgIpc) is 2.95. The summed E-state index contributed by atoms with van der Waals surface area (Å²) in [7, 11) is 0. The predicted octanol–water partition coefficient (Wildman–Crippen LogP) is 3.73. The summed E-state index contributed by atoms with van der Waals surface area (Å²) >= 11 is 2.22. The molecule has 3 nitrogen and oxygen atoms in total. The van der Waals surface area contributed by atoms with E-state index >= 15 is 0 Å². The van der Waals surface area contributed by atoms with Gasteiger partial charge in [-0.1, -0.05) is 39.0 Å². The minimum atomic E-state index is -0.470. The van der Waals surface area contributed by atoms with Crippen LogP contribution in [0.4, 0.5) is 0 Å². The number of rotatable bonds is 6. The van der Waals surface area contributed by atoms with E-state index in [9.17, 15) is 15.3 Å². The van der Waals surface area contributed by atoms with Crippen molar-refractivity contribution in [2.75, 3.05) is 0 Å². The molecule has 0 aromatic rings. The van der Waals surface area contributed by atoms with Crippen LogP contribution in [0.1, 0.15) is 67.2 Å². The standard InChI is InChI=1S/C9H13.3C5H9O.Ti/c1-9(2,3)8-6-4-5-7-8;3*1-3-4-5(2)6;/h4,6H,5H2,1-3H3;3*3,5H,1,4H2,2H3;/q;3*-1;+3. The van der Waals surface area contributed by atoms with E-state index in [0.717, 1.165) is 6.42 Å². The van der Waals surface area contributed by atoms with Gasteiger partial charge in [0.15, 0.2) is 0 Å². The molecule has 0 saturated carbocycles. The Morgan fingerprint density at radius 2 is 1.21 bits per heavy atom. The van der Waals surface area contributed by atoms with Crippen LogP contribution < -0.4 is 15.3 Å². The van der Waals surface area contributed by atoms with E-state index in [4.69, 9.17) is 0 Å². The van der Waals surface area contributed by atoms with Crippen molar-refractivity contribution in [3.63, 3.8) is 0 Å². The molecule has 28 heavy (non-hydrogen) atoms. The molecule has 0 amide bonds. The zero-order valence-electron chi connectivity index (χ0n) is 18.8. The topological polar surface area (TPSA) is 69.2 Å². The molecule has 0 saturated heterocycles. The Morgan fingerprint density at radius 1 is 0.893 bits per heavy atom. The summed E-state index contributed by atoms with van der Waals surface area (Å²) in [5.41, 5.74) is 1.87. The van der Waals surface area contributed by atoms with Crippen molar-refractivity contribution in [2.45, 2.75) is 85.5 Å². The van der Waals surface area contributed by atoms with E-state index in [1.165, 1.54) is 9.45 Å². The van der Waals surface area contributed by atoms with Crippen molar-refractivity contribution < 1.29 is 35.8 Å². The molecule has 1 aliphatic carbocycles. The van der Waals surface area contributed by atoms with Crippen molar-refractivity contribution in [2.24, 2.45) is 5.41 Å². The van der Waals surface area contributed by atoms with E-state index in [0.29, 0.717) is 24.7 Å². The summed E-state index contributed by atoms with van der Waals surface area (Å²) in [5, 5.41) is 30.2. The molecule has 0 heterocycles. The first-order valence-corrected chi connectivity index (χ1v) is 10.5. The van der Waals surface area contributed by atoms with E-state index in [1.807, 2.05) is 0 Å². The zero-order chi connectivity index (χ0) is 22.8. The second-order valence-electron chi connectivity index (χ2n) is 7.75. The third-order valence-corrected chi connectivity index (χ3v) is 3.97. The number of hydrogen-bond donors (Lipinski definition) is 0. The minimum absolute atomic E-state index is 0.344. The van der Waals surface area contributed by atoms with Gasteiger partial charge in [0.1, 0.15) is 0 Å². The molecule has 158 valence electrons. The number of hydrogen-bond acceptors (Lipinski definition) is 3. The maximum absolute atomic E-state index is 10.1. The van der Waals surface area contributed by atoms with Crippen LogP contribution in [0.2, 0.25) is 0 Å². The van der Waals surface area contributed by atoms with Crippen LogP contribution in [0.15, 0.2) is 59.6 Å². The molecule has 0 bridgehead atoms. The molecule has 0 aromatic heterocycles. The Kier molecular flexibility index (Phi) is 22.4. The first kappa shape index (κ1) is 32.0. The second-order valence-corrected chi connectivity index (χ2v) is 8.70. The monoisotopic (exact) mass is 424 g/mol. The third-order valence-electron chi connectivity index (χ3n) is 3.24. The van der Waals surface area contributed by atoms with Gasteiger partial charge in [0.2, 0.25) is 0 Å². The van der Waals surface area contributed by atoms with Crippen LogP contribution in [-0.2, 0) is 20.4 Å². The van der Waals surface area contributed by atoms with E-state index in [2.05, 4.69) is 73.1 Å². The number of allylic oxidation sites excluding steroid dienone is 4. The molecule has 0 aliphatic heterocycles. The van der Waals surface area contributed by atoms with Crippen LogP contribution in [-0.4, -0.2) is 18.3 Å². The quantitative estimate of drug-likeness (QED) is 0.482. The van der Waals surface area contributed by atoms with Gasteiger partial charge in [-0.2, -0.15) is 0 Å². The Labute approximate surface area is 186 Å². The molecule has 0 aromatic carbocycles. The van der Waals surface area contributed by atoms with Gasteiger partial charge in [0.25, 0.3) is 0 Å². The molecule has 0 fully saturated rings. The SMILES string of the molecule is C=CCC(C)[O-].C=CCC(C)[O-].C=CCC(C)[O-].CC(C)(C)C1=[C]([Ti+3])CC=C1. The molecule has 0 N–H and O–H groups in total. The van der Waals surface area contributed by atoms with Gasteiger partial charge in [0, 0.05) is 0 Å². The summed E-state index contributed by atoms with van der Waals surface area (Å²) in [5.74, 6) is 0. The van der Waals surface area contributed by atoms with Crippen molar-refractivity contribution in [1.29, 1.82) is 0 Å². The van der Waals surface area contributed by atoms with Crippen LogP contribution in [0.3, 0.4) is 0 Å². The summed E-state index contributed by atoms with van der Waals surface area (Å²) < 4.78 is 1.53. The maximum atomic E-state index is 10.1. The molecule has 4 heteroatoms. The van der Waals surface area contributed by atoms with Gasteiger partial charge in [-0.25, -0.2) is 0 Å². The Bertz CT molecular complexity index is 433. The summed E-state index contributed by atoms with van der Waals surface area (Å²) in [6, 6.07) is 0.